The molecule has 0 amide bonds. The average Bonchev–Trinajstić information content (AvgIpc) is 2.38. The molecule has 1 saturated carbocycles. The van der Waals surface area contributed by atoms with E-state index in [4.69, 9.17) is 4.74 Å². The summed E-state index contributed by atoms with van der Waals surface area (Å²) >= 11 is 0. The molecule has 0 spiro atoms. The molecule has 3 atom stereocenters. The molecular formula is C16H34N2O. The highest BCUT2D eigenvalue weighted by Gasteiger charge is 2.28. The largest absolute Gasteiger partial charge is 0.380 e. The fourth-order valence-electron chi connectivity index (χ4n) is 3.16. The number of nitrogens with one attached hydrogen (secondary N) is 1. The highest BCUT2D eigenvalue weighted by molar-refractivity contribution is 4.85. The minimum absolute atomic E-state index is 0.727. The van der Waals surface area contributed by atoms with E-state index in [1.807, 2.05) is 0 Å². The second kappa shape index (κ2) is 9.73. The third-order valence-electron chi connectivity index (χ3n) is 4.27. The van der Waals surface area contributed by atoms with Crippen LogP contribution < -0.4 is 5.32 Å². The highest BCUT2D eigenvalue weighted by atomic mass is 16.5. The van der Waals surface area contributed by atoms with Crippen LogP contribution in [-0.4, -0.2) is 50.8 Å². The van der Waals surface area contributed by atoms with Crippen LogP contribution in [0.4, 0.5) is 0 Å². The minimum atomic E-state index is 0.727. The third-order valence-corrected chi connectivity index (χ3v) is 4.27. The predicted octanol–water partition coefficient (Wildman–Crippen LogP) is 2.76. The maximum atomic E-state index is 5.45. The molecule has 1 fully saturated rings. The van der Waals surface area contributed by atoms with Crippen molar-refractivity contribution in [3.8, 4) is 0 Å². The van der Waals surface area contributed by atoms with Gasteiger partial charge in [0.15, 0.2) is 0 Å². The van der Waals surface area contributed by atoms with Gasteiger partial charge in [-0.2, -0.15) is 0 Å². The smallest absolute Gasteiger partial charge is 0.0593 e. The molecule has 1 aliphatic carbocycles. The Hall–Kier alpha value is -0.120. The summed E-state index contributed by atoms with van der Waals surface area (Å²) in [7, 11) is 2.23. The molecule has 1 N–H and O–H groups in total. The van der Waals surface area contributed by atoms with Gasteiger partial charge in [0.1, 0.15) is 0 Å². The Balaban J connectivity index is 2.35. The first-order chi connectivity index (χ1) is 9.17. The van der Waals surface area contributed by atoms with E-state index >= 15 is 0 Å². The van der Waals surface area contributed by atoms with E-state index in [9.17, 15) is 0 Å². The summed E-state index contributed by atoms with van der Waals surface area (Å²) in [6.45, 7) is 11.8. The molecule has 3 unspecified atom stereocenters. The SMILES string of the molecule is CCCNC1CCC(C)CC1CN(C)CCOCC. The Bertz CT molecular complexity index is 221. The molecule has 1 aliphatic rings. The van der Waals surface area contributed by atoms with Crippen LogP contribution in [0, 0.1) is 11.8 Å². The van der Waals surface area contributed by atoms with Gasteiger partial charge in [0.25, 0.3) is 0 Å². The van der Waals surface area contributed by atoms with E-state index in [1.165, 1.54) is 32.2 Å². The van der Waals surface area contributed by atoms with Gasteiger partial charge in [0, 0.05) is 25.7 Å². The van der Waals surface area contributed by atoms with Crippen molar-refractivity contribution in [2.45, 2.75) is 52.5 Å². The number of ether oxygens (including phenoxy) is 1. The summed E-state index contributed by atoms with van der Waals surface area (Å²) in [5.41, 5.74) is 0. The van der Waals surface area contributed by atoms with Gasteiger partial charge in [0.2, 0.25) is 0 Å². The number of hydrogen-bond acceptors (Lipinski definition) is 3. The molecule has 3 heteroatoms. The Labute approximate surface area is 120 Å². The Morgan fingerprint density at radius 1 is 1.26 bits per heavy atom. The van der Waals surface area contributed by atoms with Crippen molar-refractivity contribution >= 4 is 0 Å². The van der Waals surface area contributed by atoms with Gasteiger partial charge in [-0.25, -0.2) is 0 Å². The van der Waals surface area contributed by atoms with Crippen LogP contribution in [0.2, 0.25) is 0 Å². The maximum absolute atomic E-state index is 5.45. The Kier molecular flexibility index (Phi) is 8.67. The fourth-order valence-corrected chi connectivity index (χ4v) is 3.16. The first-order valence-corrected chi connectivity index (χ1v) is 8.17. The zero-order valence-electron chi connectivity index (χ0n) is 13.5. The molecule has 0 aromatic carbocycles. The van der Waals surface area contributed by atoms with Crippen molar-refractivity contribution in [2.24, 2.45) is 11.8 Å². The predicted molar refractivity (Wildman–Crippen MR) is 82.6 cm³/mol. The Morgan fingerprint density at radius 3 is 2.74 bits per heavy atom. The lowest BCUT2D eigenvalue weighted by Gasteiger charge is -2.37. The molecule has 114 valence electrons. The van der Waals surface area contributed by atoms with Gasteiger partial charge < -0.3 is 15.0 Å². The van der Waals surface area contributed by atoms with Crippen LogP contribution in [0.5, 0.6) is 0 Å². The van der Waals surface area contributed by atoms with E-state index in [1.54, 1.807) is 0 Å². The quantitative estimate of drug-likeness (QED) is 0.652. The van der Waals surface area contributed by atoms with Crippen molar-refractivity contribution in [3.63, 3.8) is 0 Å². The molecular weight excluding hydrogens is 236 g/mol. The molecule has 0 aliphatic heterocycles. The lowest BCUT2D eigenvalue weighted by molar-refractivity contribution is 0.103. The molecule has 0 radical (unpaired) electrons. The van der Waals surface area contributed by atoms with E-state index in [0.717, 1.165) is 44.2 Å². The Morgan fingerprint density at radius 2 is 2.05 bits per heavy atom. The van der Waals surface area contributed by atoms with Gasteiger partial charge in [-0.3, -0.25) is 0 Å². The van der Waals surface area contributed by atoms with Crippen LogP contribution in [0.3, 0.4) is 0 Å². The highest BCUT2D eigenvalue weighted by Crippen LogP contribution is 2.29. The summed E-state index contributed by atoms with van der Waals surface area (Å²) in [5, 5.41) is 3.76. The van der Waals surface area contributed by atoms with Crippen molar-refractivity contribution in [3.05, 3.63) is 0 Å². The normalized spacial score (nSPS) is 27.9. The van der Waals surface area contributed by atoms with Crippen LogP contribution in [0.1, 0.15) is 46.5 Å². The lowest BCUT2D eigenvalue weighted by Crippen LogP contribution is -2.45. The van der Waals surface area contributed by atoms with Crippen LogP contribution in [-0.2, 0) is 4.74 Å². The van der Waals surface area contributed by atoms with Crippen molar-refractivity contribution in [1.29, 1.82) is 0 Å². The topological polar surface area (TPSA) is 24.5 Å². The van der Waals surface area contributed by atoms with Gasteiger partial charge >= 0.3 is 0 Å². The maximum Gasteiger partial charge on any atom is 0.0593 e. The zero-order valence-corrected chi connectivity index (χ0v) is 13.5. The number of likely N-dealkylation sites (N-methyl/N-ethyl adjacent to an activating group) is 1. The van der Waals surface area contributed by atoms with Crippen molar-refractivity contribution in [2.75, 3.05) is 39.9 Å². The van der Waals surface area contributed by atoms with Crippen molar-refractivity contribution < 1.29 is 4.74 Å². The van der Waals surface area contributed by atoms with Crippen molar-refractivity contribution in [1.82, 2.24) is 10.2 Å². The van der Waals surface area contributed by atoms with E-state index in [2.05, 4.69) is 38.0 Å². The molecule has 3 nitrogen and oxygen atoms in total. The monoisotopic (exact) mass is 270 g/mol. The first kappa shape index (κ1) is 16.9. The van der Waals surface area contributed by atoms with Crippen LogP contribution >= 0.6 is 0 Å². The standard InChI is InChI=1S/C16H34N2O/c1-5-9-17-16-8-7-14(3)12-15(16)13-18(4)10-11-19-6-2/h14-17H,5-13H2,1-4H3. The van der Waals surface area contributed by atoms with E-state index in [0.29, 0.717) is 0 Å². The molecule has 0 heterocycles. The first-order valence-electron chi connectivity index (χ1n) is 8.17. The van der Waals surface area contributed by atoms with Gasteiger partial charge in [-0.1, -0.05) is 13.8 Å². The molecule has 0 bridgehead atoms. The summed E-state index contributed by atoms with van der Waals surface area (Å²) in [5.74, 6) is 1.70. The second-order valence-corrected chi connectivity index (χ2v) is 6.20. The lowest BCUT2D eigenvalue weighted by atomic mass is 9.78. The van der Waals surface area contributed by atoms with Gasteiger partial charge in [0.05, 0.1) is 6.61 Å². The van der Waals surface area contributed by atoms with Gasteiger partial charge in [-0.05, 0) is 58.0 Å². The number of rotatable bonds is 9. The minimum Gasteiger partial charge on any atom is -0.380 e. The fraction of sp³-hybridized carbons (Fsp3) is 1.00. The van der Waals surface area contributed by atoms with Crippen LogP contribution in [0.25, 0.3) is 0 Å². The van der Waals surface area contributed by atoms with Crippen LogP contribution in [0.15, 0.2) is 0 Å². The molecule has 1 rings (SSSR count). The summed E-state index contributed by atoms with van der Waals surface area (Å²) < 4.78 is 5.45. The number of hydrogen-bond donors (Lipinski definition) is 1. The summed E-state index contributed by atoms with van der Waals surface area (Å²) in [6.07, 6.45) is 5.35. The molecule has 0 saturated heterocycles. The zero-order chi connectivity index (χ0) is 14.1. The number of nitrogens with zero attached hydrogens (tertiary/aromatic N) is 1. The van der Waals surface area contributed by atoms with Gasteiger partial charge in [-0.15, -0.1) is 0 Å². The second-order valence-electron chi connectivity index (χ2n) is 6.20. The summed E-state index contributed by atoms with van der Waals surface area (Å²) in [4.78, 5) is 2.44. The van der Waals surface area contributed by atoms with E-state index in [-0.39, 0.29) is 0 Å². The molecule has 0 aromatic heterocycles. The molecule has 0 aromatic rings. The summed E-state index contributed by atoms with van der Waals surface area (Å²) in [6, 6.07) is 0.727. The molecule has 19 heavy (non-hydrogen) atoms. The van der Waals surface area contributed by atoms with E-state index < -0.39 is 0 Å². The third kappa shape index (κ3) is 6.73. The average molecular weight is 270 g/mol.